The van der Waals surface area contributed by atoms with Gasteiger partial charge in [-0.25, -0.2) is 9.97 Å². The predicted molar refractivity (Wildman–Crippen MR) is 78.5 cm³/mol. The first-order valence-corrected chi connectivity index (χ1v) is 7.15. The molecule has 2 aromatic heterocycles. The minimum absolute atomic E-state index is 0.101. The van der Waals surface area contributed by atoms with E-state index in [2.05, 4.69) is 44.1 Å². The second kappa shape index (κ2) is 4.63. The summed E-state index contributed by atoms with van der Waals surface area (Å²) >= 11 is 7.97. The molecule has 0 unspecified atom stereocenters. The third-order valence-corrected chi connectivity index (χ3v) is 4.08. The summed E-state index contributed by atoms with van der Waals surface area (Å²) < 4.78 is 0. The van der Waals surface area contributed by atoms with Crippen molar-refractivity contribution >= 4 is 22.9 Å². The van der Waals surface area contributed by atoms with Crippen LogP contribution in [0.15, 0.2) is 11.4 Å². The molecule has 0 aliphatic heterocycles. The number of aryl methyl sites for hydroxylation is 1. The largest absolute Gasteiger partial charge is 0.232 e. The van der Waals surface area contributed by atoms with E-state index >= 15 is 0 Å². The van der Waals surface area contributed by atoms with Gasteiger partial charge in [0.05, 0.1) is 5.69 Å². The van der Waals surface area contributed by atoms with Gasteiger partial charge >= 0.3 is 0 Å². The Bertz CT molecular complexity index is 582. The smallest absolute Gasteiger partial charge is 0.136 e. The fourth-order valence-electron chi connectivity index (χ4n) is 1.72. The standard InChI is InChI=1S/C14H17ClN2S/c1-8-11(10-6-7-18-9(10)2)16-13(14(3,4)5)17-12(8)15/h6-7H,1-5H3. The molecule has 96 valence electrons. The van der Waals surface area contributed by atoms with Gasteiger partial charge in [0, 0.05) is 21.4 Å². The van der Waals surface area contributed by atoms with E-state index in [1.165, 1.54) is 4.88 Å². The quantitative estimate of drug-likeness (QED) is 0.703. The molecule has 0 amide bonds. The lowest BCUT2D eigenvalue weighted by atomic mass is 9.95. The highest BCUT2D eigenvalue weighted by Crippen LogP contribution is 2.32. The van der Waals surface area contributed by atoms with Crippen LogP contribution in [0, 0.1) is 13.8 Å². The van der Waals surface area contributed by atoms with Crippen LogP contribution in [-0.4, -0.2) is 9.97 Å². The van der Waals surface area contributed by atoms with Gasteiger partial charge in [-0.1, -0.05) is 32.4 Å². The van der Waals surface area contributed by atoms with Crippen LogP contribution in [-0.2, 0) is 5.41 Å². The summed E-state index contributed by atoms with van der Waals surface area (Å²) in [5.41, 5.74) is 2.97. The summed E-state index contributed by atoms with van der Waals surface area (Å²) in [5, 5.41) is 2.63. The molecule has 0 aromatic carbocycles. The minimum atomic E-state index is -0.101. The fourth-order valence-corrected chi connectivity index (χ4v) is 2.59. The van der Waals surface area contributed by atoms with Crippen LogP contribution in [0.4, 0.5) is 0 Å². The highest BCUT2D eigenvalue weighted by molar-refractivity contribution is 7.10. The van der Waals surface area contributed by atoms with Gasteiger partial charge in [-0.05, 0) is 25.3 Å². The number of aromatic nitrogens is 2. The van der Waals surface area contributed by atoms with Crippen molar-refractivity contribution in [2.45, 2.75) is 40.0 Å². The van der Waals surface area contributed by atoms with E-state index < -0.39 is 0 Å². The van der Waals surface area contributed by atoms with E-state index in [0.29, 0.717) is 5.15 Å². The average Bonchev–Trinajstić information content (AvgIpc) is 2.67. The van der Waals surface area contributed by atoms with Gasteiger partial charge in [0.15, 0.2) is 0 Å². The van der Waals surface area contributed by atoms with Gasteiger partial charge < -0.3 is 0 Å². The maximum absolute atomic E-state index is 6.25. The van der Waals surface area contributed by atoms with E-state index in [-0.39, 0.29) is 5.41 Å². The molecule has 0 radical (unpaired) electrons. The van der Waals surface area contributed by atoms with Crippen molar-refractivity contribution in [2.24, 2.45) is 0 Å². The summed E-state index contributed by atoms with van der Waals surface area (Å²) in [6.07, 6.45) is 0. The van der Waals surface area contributed by atoms with Crippen molar-refractivity contribution in [3.8, 4) is 11.3 Å². The van der Waals surface area contributed by atoms with Crippen LogP contribution in [0.1, 0.15) is 37.0 Å². The van der Waals surface area contributed by atoms with Crippen LogP contribution >= 0.6 is 22.9 Å². The molecule has 0 N–H and O–H groups in total. The zero-order chi connectivity index (χ0) is 13.5. The summed E-state index contributed by atoms with van der Waals surface area (Å²) in [7, 11) is 0. The van der Waals surface area contributed by atoms with Crippen LogP contribution in [0.3, 0.4) is 0 Å². The molecule has 4 heteroatoms. The Labute approximate surface area is 117 Å². The van der Waals surface area contributed by atoms with E-state index in [1.807, 2.05) is 6.92 Å². The van der Waals surface area contributed by atoms with E-state index in [0.717, 1.165) is 22.6 Å². The van der Waals surface area contributed by atoms with Gasteiger partial charge in [-0.15, -0.1) is 11.3 Å². The predicted octanol–water partition coefficient (Wildman–Crippen LogP) is 4.77. The van der Waals surface area contributed by atoms with Gasteiger partial charge in [-0.3, -0.25) is 0 Å². The highest BCUT2D eigenvalue weighted by atomic mass is 35.5. The summed E-state index contributed by atoms with van der Waals surface area (Å²) in [4.78, 5) is 10.4. The van der Waals surface area contributed by atoms with Crippen molar-refractivity contribution < 1.29 is 0 Å². The Morgan fingerprint density at radius 1 is 1.17 bits per heavy atom. The molecule has 0 bridgehead atoms. The Morgan fingerprint density at radius 2 is 1.83 bits per heavy atom. The van der Waals surface area contributed by atoms with Crippen LogP contribution in [0.25, 0.3) is 11.3 Å². The van der Waals surface area contributed by atoms with Crippen molar-refractivity contribution in [2.75, 3.05) is 0 Å². The average molecular weight is 281 g/mol. The van der Waals surface area contributed by atoms with Gasteiger partial charge in [-0.2, -0.15) is 0 Å². The Hall–Kier alpha value is -0.930. The number of thiophene rings is 1. The number of hydrogen-bond acceptors (Lipinski definition) is 3. The maximum Gasteiger partial charge on any atom is 0.136 e. The summed E-state index contributed by atoms with van der Waals surface area (Å²) in [5.74, 6) is 0.790. The zero-order valence-corrected chi connectivity index (χ0v) is 12.9. The van der Waals surface area contributed by atoms with E-state index in [1.54, 1.807) is 11.3 Å². The molecule has 0 spiro atoms. The van der Waals surface area contributed by atoms with Gasteiger partial charge in [0.2, 0.25) is 0 Å². The monoisotopic (exact) mass is 280 g/mol. The number of rotatable bonds is 1. The van der Waals surface area contributed by atoms with Crippen LogP contribution < -0.4 is 0 Å². The Balaban J connectivity index is 2.68. The number of halogens is 1. The summed E-state index contributed by atoms with van der Waals surface area (Å²) in [6.45, 7) is 10.4. The van der Waals surface area contributed by atoms with Crippen LogP contribution in [0.5, 0.6) is 0 Å². The topological polar surface area (TPSA) is 25.8 Å². The number of hydrogen-bond donors (Lipinski definition) is 0. The molecule has 0 aliphatic carbocycles. The lowest BCUT2D eigenvalue weighted by Crippen LogP contribution is -2.17. The minimum Gasteiger partial charge on any atom is -0.232 e. The van der Waals surface area contributed by atoms with Crippen molar-refractivity contribution in [1.82, 2.24) is 9.97 Å². The van der Waals surface area contributed by atoms with Crippen molar-refractivity contribution in [1.29, 1.82) is 0 Å². The normalized spacial score (nSPS) is 11.9. The zero-order valence-electron chi connectivity index (χ0n) is 11.3. The Morgan fingerprint density at radius 3 is 2.33 bits per heavy atom. The molecule has 2 nitrogen and oxygen atoms in total. The second-order valence-electron chi connectivity index (χ2n) is 5.45. The van der Waals surface area contributed by atoms with Gasteiger partial charge in [0.25, 0.3) is 0 Å². The second-order valence-corrected chi connectivity index (χ2v) is 6.93. The van der Waals surface area contributed by atoms with E-state index in [4.69, 9.17) is 16.6 Å². The Kier molecular flexibility index (Phi) is 3.47. The lowest BCUT2D eigenvalue weighted by molar-refractivity contribution is 0.545. The van der Waals surface area contributed by atoms with Crippen LogP contribution in [0.2, 0.25) is 5.15 Å². The summed E-state index contributed by atoms with van der Waals surface area (Å²) in [6, 6.07) is 2.10. The lowest BCUT2D eigenvalue weighted by Gasteiger charge is -2.19. The molecule has 2 rings (SSSR count). The third kappa shape index (κ3) is 2.43. The molecule has 18 heavy (non-hydrogen) atoms. The van der Waals surface area contributed by atoms with Gasteiger partial charge in [0.1, 0.15) is 11.0 Å². The SMILES string of the molecule is Cc1sccc1-c1nc(C(C)(C)C)nc(Cl)c1C. The molecular weight excluding hydrogens is 264 g/mol. The molecule has 2 heterocycles. The molecular formula is C14H17ClN2S. The van der Waals surface area contributed by atoms with Crippen molar-refractivity contribution in [3.63, 3.8) is 0 Å². The third-order valence-electron chi connectivity index (χ3n) is 2.87. The molecule has 2 aromatic rings. The number of nitrogens with zero attached hydrogens (tertiary/aromatic N) is 2. The van der Waals surface area contributed by atoms with Crippen molar-refractivity contribution in [3.05, 3.63) is 32.9 Å². The molecule has 0 saturated carbocycles. The highest BCUT2D eigenvalue weighted by Gasteiger charge is 2.21. The fraction of sp³-hybridized carbons (Fsp3) is 0.429. The first-order valence-electron chi connectivity index (χ1n) is 5.90. The maximum atomic E-state index is 6.25. The first kappa shape index (κ1) is 13.5. The molecule has 0 atom stereocenters. The first-order chi connectivity index (χ1) is 8.30. The molecule has 0 saturated heterocycles. The van der Waals surface area contributed by atoms with E-state index in [9.17, 15) is 0 Å². The molecule has 0 aliphatic rings. The molecule has 0 fully saturated rings.